The lowest BCUT2D eigenvalue weighted by Gasteiger charge is -2.31. The molecular weight excluding hydrogens is 513 g/mol. The Hall–Kier alpha value is -3.73. The summed E-state index contributed by atoms with van der Waals surface area (Å²) in [7, 11) is -3.42. The van der Waals surface area contributed by atoms with Gasteiger partial charge in [-0.1, -0.05) is 158 Å². The van der Waals surface area contributed by atoms with Crippen LogP contribution in [0.5, 0.6) is 0 Å². The van der Waals surface area contributed by atoms with E-state index in [-0.39, 0.29) is 0 Å². The van der Waals surface area contributed by atoms with Crippen LogP contribution in [0, 0.1) is 0 Å². The fourth-order valence-corrected chi connectivity index (χ4v) is 16.0. The lowest BCUT2D eigenvalue weighted by atomic mass is 9.94. The molecule has 0 atom stereocenters. The van der Waals surface area contributed by atoms with Crippen LogP contribution in [0.3, 0.4) is 0 Å². The van der Waals surface area contributed by atoms with Gasteiger partial charge in [-0.15, -0.1) is 0 Å². The van der Waals surface area contributed by atoms with Crippen LogP contribution in [0.1, 0.15) is 0 Å². The van der Waals surface area contributed by atoms with Crippen LogP contribution in [0.25, 0.3) is 64.6 Å². The van der Waals surface area contributed by atoms with Gasteiger partial charge in [0.25, 0.3) is 0 Å². The molecule has 0 aliphatic rings. The molecule has 0 spiro atoms. The lowest BCUT2D eigenvalue weighted by molar-refractivity contribution is 1.30. The SMILES string of the molecule is C[Si](C)(CC[Si](C)(C)c1ccc2ccc3cccc4ccc1c2c34)c1ccc2ccc3cccc4ccc1c2c34. The van der Waals surface area contributed by atoms with E-state index in [1.54, 1.807) is 10.4 Å². The molecule has 0 amide bonds. The van der Waals surface area contributed by atoms with Crippen molar-refractivity contribution in [3.8, 4) is 0 Å². The fourth-order valence-electron chi connectivity index (χ4n) is 7.55. The molecule has 8 rings (SSSR count). The van der Waals surface area contributed by atoms with Gasteiger partial charge in [-0.2, -0.15) is 0 Å². The second kappa shape index (κ2) is 8.39. The van der Waals surface area contributed by atoms with Crippen molar-refractivity contribution < 1.29 is 0 Å². The van der Waals surface area contributed by atoms with Crippen molar-refractivity contribution in [2.24, 2.45) is 0 Å². The zero-order valence-corrected chi connectivity index (χ0v) is 25.8. The quantitative estimate of drug-likeness (QED) is 0.149. The molecule has 0 heterocycles. The van der Waals surface area contributed by atoms with Crippen molar-refractivity contribution in [1.29, 1.82) is 0 Å². The Morgan fingerprint density at radius 2 is 0.650 bits per heavy atom. The molecule has 0 aliphatic carbocycles. The summed E-state index contributed by atoms with van der Waals surface area (Å²) < 4.78 is 0. The Bertz CT molecular complexity index is 2030. The molecule has 0 bridgehead atoms. The molecule has 8 aromatic carbocycles. The van der Waals surface area contributed by atoms with Gasteiger partial charge in [-0.3, -0.25) is 0 Å². The van der Waals surface area contributed by atoms with Crippen molar-refractivity contribution in [3.63, 3.8) is 0 Å². The van der Waals surface area contributed by atoms with Crippen LogP contribution in [0.2, 0.25) is 38.3 Å². The van der Waals surface area contributed by atoms with E-state index in [0.717, 1.165) is 0 Å². The predicted molar refractivity (Wildman–Crippen MR) is 184 cm³/mol. The highest BCUT2D eigenvalue weighted by Gasteiger charge is 2.32. The van der Waals surface area contributed by atoms with Crippen molar-refractivity contribution >= 4 is 91.2 Å². The summed E-state index contributed by atoms with van der Waals surface area (Å²) in [5.74, 6) is 0. The minimum atomic E-state index is -1.71. The van der Waals surface area contributed by atoms with Gasteiger partial charge in [0.05, 0.1) is 16.1 Å². The van der Waals surface area contributed by atoms with E-state index in [2.05, 4.69) is 135 Å². The van der Waals surface area contributed by atoms with Crippen LogP contribution in [0.4, 0.5) is 0 Å². The third kappa shape index (κ3) is 3.42. The van der Waals surface area contributed by atoms with Gasteiger partial charge >= 0.3 is 0 Å². The van der Waals surface area contributed by atoms with Gasteiger partial charge in [0.2, 0.25) is 0 Å². The molecule has 0 nitrogen and oxygen atoms in total. The molecule has 0 N–H and O–H groups in total. The minimum absolute atomic E-state index is 1.32. The molecule has 0 aliphatic heterocycles. The minimum Gasteiger partial charge on any atom is -0.0654 e. The Kier molecular flexibility index (Phi) is 5.06. The maximum absolute atomic E-state index is 2.60. The van der Waals surface area contributed by atoms with Gasteiger partial charge < -0.3 is 0 Å². The van der Waals surface area contributed by atoms with E-state index in [1.807, 2.05) is 0 Å². The van der Waals surface area contributed by atoms with Crippen molar-refractivity contribution in [3.05, 3.63) is 109 Å². The average molecular weight is 547 g/mol. The van der Waals surface area contributed by atoms with Gasteiger partial charge in [0.1, 0.15) is 0 Å². The molecule has 0 fully saturated rings. The third-order valence-corrected chi connectivity index (χ3v) is 17.2. The predicted octanol–water partition coefficient (Wildman–Crippen LogP) is 10.0. The smallest absolute Gasteiger partial charge is 0.0654 e. The number of benzene rings is 8. The lowest BCUT2D eigenvalue weighted by Crippen LogP contribution is -2.47. The van der Waals surface area contributed by atoms with E-state index in [9.17, 15) is 0 Å². The van der Waals surface area contributed by atoms with E-state index < -0.39 is 16.1 Å². The fraction of sp³-hybridized carbons (Fsp3) is 0.158. The Labute approximate surface area is 237 Å². The van der Waals surface area contributed by atoms with Crippen LogP contribution in [-0.4, -0.2) is 16.1 Å². The van der Waals surface area contributed by atoms with Gasteiger partial charge in [-0.05, 0) is 64.6 Å². The molecule has 0 radical (unpaired) electrons. The maximum Gasteiger partial charge on any atom is 0.0811 e. The molecule has 0 unspecified atom stereocenters. The highest BCUT2D eigenvalue weighted by atomic mass is 28.3. The monoisotopic (exact) mass is 546 g/mol. The van der Waals surface area contributed by atoms with Gasteiger partial charge in [-0.25, -0.2) is 0 Å². The maximum atomic E-state index is 2.60. The summed E-state index contributed by atoms with van der Waals surface area (Å²) in [5.41, 5.74) is 0. The molecular formula is C38H34Si2. The van der Waals surface area contributed by atoms with Crippen molar-refractivity contribution in [2.45, 2.75) is 38.3 Å². The van der Waals surface area contributed by atoms with Crippen LogP contribution >= 0.6 is 0 Å². The van der Waals surface area contributed by atoms with E-state index in [1.165, 1.54) is 76.7 Å². The van der Waals surface area contributed by atoms with E-state index in [4.69, 9.17) is 0 Å². The van der Waals surface area contributed by atoms with Crippen LogP contribution in [-0.2, 0) is 0 Å². The first-order valence-electron chi connectivity index (χ1n) is 14.7. The van der Waals surface area contributed by atoms with Crippen LogP contribution < -0.4 is 10.4 Å². The third-order valence-electron chi connectivity index (χ3n) is 9.89. The first-order chi connectivity index (χ1) is 19.3. The van der Waals surface area contributed by atoms with Gasteiger partial charge in [0, 0.05) is 0 Å². The normalized spacial score (nSPS) is 13.2. The molecule has 0 saturated heterocycles. The molecule has 194 valence electrons. The van der Waals surface area contributed by atoms with Gasteiger partial charge in [0.15, 0.2) is 0 Å². The number of hydrogen-bond acceptors (Lipinski definition) is 0. The highest BCUT2D eigenvalue weighted by Crippen LogP contribution is 2.37. The Balaban J connectivity index is 1.21. The summed E-state index contributed by atoms with van der Waals surface area (Å²) in [6, 6.07) is 44.5. The average Bonchev–Trinajstić information content (AvgIpc) is 2.97. The first kappa shape index (κ1) is 24.1. The highest BCUT2D eigenvalue weighted by molar-refractivity contribution is 6.96. The van der Waals surface area contributed by atoms with Crippen molar-refractivity contribution in [2.75, 3.05) is 0 Å². The second-order valence-corrected chi connectivity index (χ2v) is 22.8. The number of hydrogen-bond donors (Lipinski definition) is 0. The molecule has 2 heteroatoms. The largest absolute Gasteiger partial charge is 0.0811 e. The summed E-state index contributed by atoms with van der Waals surface area (Å²) in [5, 5.41) is 20.2. The molecule has 0 saturated carbocycles. The Morgan fingerprint density at radius 3 is 1.02 bits per heavy atom. The zero-order valence-electron chi connectivity index (χ0n) is 23.8. The molecule has 0 aromatic heterocycles. The number of rotatable bonds is 5. The summed E-state index contributed by atoms with van der Waals surface area (Å²) in [6.45, 7) is 10.4. The van der Waals surface area contributed by atoms with E-state index in [0.29, 0.717) is 0 Å². The topological polar surface area (TPSA) is 0 Å². The van der Waals surface area contributed by atoms with Crippen molar-refractivity contribution in [1.82, 2.24) is 0 Å². The van der Waals surface area contributed by atoms with E-state index >= 15 is 0 Å². The Morgan fingerprint density at radius 1 is 0.350 bits per heavy atom. The molecule has 40 heavy (non-hydrogen) atoms. The summed E-state index contributed by atoms with van der Waals surface area (Å²) in [6.07, 6.45) is 0. The standard InChI is InChI=1S/C38H34Si2/c1-39(2,33-21-17-29-13-11-25-7-5-9-27-15-19-31(33)37(29)35(25)27)23-24-40(3,4)34-22-18-30-14-12-26-8-6-10-28-16-20-32(34)38(30)36(26)28/h5-22H,23-24H2,1-4H3. The first-order valence-corrected chi connectivity index (χ1v) is 21.1. The zero-order chi connectivity index (χ0) is 27.2. The van der Waals surface area contributed by atoms with Crippen LogP contribution in [0.15, 0.2) is 109 Å². The molecule has 8 aromatic rings. The summed E-state index contributed by atoms with van der Waals surface area (Å²) >= 11 is 0. The second-order valence-electron chi connectivity index (χ2n) is 13.2. The summed E-state index contributed by atoms with van der Waals surface area (Å²) in [4.78, 5) is 0.